The molecule has 0 heterocycles. The minimum absolute atomic E-state index is 0.0373. The van der Waals surface area contributed by atoms with Crippen LogP contribution in [0.25, 0.3) is 0 Å². The van der Waals surface area contributed by atoms with Gasteiger partial charge in [0.05, 0.1) is 13.0 Å². The monoisotopic (exact) mass is 255 g/mol. The number of carbonyl (C=O) groups is 1. The number of aliphatic hydroxyl groups excluding tert-OH is 1. The van der Waals surface area contributed by atoms with Crippen molar-refractivity contribution in [2.45, 2.75) is 19.6 Å². The molecule has 0 aliphatic rings. The minimum atomic E-state index is -0.0395. The zero-order valence-electron chi connectivity index (χ0n) is 10.7. The highest BCUT2D eigenvalue weighted by molar-refractivity contribution is 5.78. The fourth-order valence-corrected chi connectivity index (χ4v) is 1.92. The molecule has 0 radical (unpaired) electrons. The molecule has 0 unspecified atom stereocenters. The van der Waals surface area contributed by atoms with E-state index in [0.29, 0.717) is 13.0 Å². The van der Waals surface area contributed by atoms with Crippen LogP contribution in [0.1, 0.15) is 16.7 Å². The number of benzene rings is 2. The molecule has 1 amide bonds. The predicted octanol–water partition coefficient (Wildman–Crippen LogP) is 2.04. The predicted molar refractivity (Wildman–Crippen MR) is 74.4 cm³/mol. The zero-order valence-corrected chi connectivity index (χ0v) is 10.7. The Hall–Kier alpha value is -2.13. The summed E-state index contributed by atoms with van der Waals surface area (Å²) in [5.74, 6) is -0.0373. The van der Waals surface area contributed by atoms with E-state index in [1.54, 1.807) is 0 Å². The van der Waals surface area contributed by atoms with Gasteiger partial charge in [0, 0.05) is 6.54 Å². The largest absolute Gasteiger partial charge is 0.392 e. The Kier molecular flexibility index (Phi) is 4.70. The van der Waals surface area contributed by atoms with Crippen LogP contribution >= 0.6 is 0 Å². The third-order valence-corrected chi connectivity index (χ3v) is 2.97. The van der Waals surface area contributed by atoms with Crippen molar-refractivity contribution in [1.29, 1.82) is 0 Å². The van der Waals surface area contributed by atoms with Gasteiger partial charge in [-0.25, -0.2) is 0 Å². The second-order valence-electron chi connectivity index (χ2n) is 4.37. The summed E-state index contributed by atoms with van der Waals surface area (Å²) in [7, 11) is 0. The molecule has 0 spiro atoms. The van der Waals surface area contributed by atoms with E-state index in [9.17, 15) is 9.90 Å². The van der Waals surface area contributed by atoms with Gasteiger partial charge in [0.25, 0.3) is 0 Å². The third-order valence-electron chi connectivity index (χ3n) is 2.97. The molecule has 2 N–H and O–H groups in total. The van der Waals surface area contributed by atoms with E-state index in [0.717, 1.165) is 16.7 Å². The molecule has 2 rings (SSSR count). The molecule has 0 aliphatic heterocycles. The molecule has 3 nitrogen and oxygen atoms in total. The Bertz CT molecular complexity index is 537. The van der Waals surface area contributed by atoms with Crippen molar-refractivity contribution in [1.82, 2.24) is 5.32 Å². The molecular formula is C16H17NO2. The van der Waals surface area contributed by atoms with Gasteiger partial charge in [0.2, 0.25) is 5.91 Å². The first-order chi connectivity index (χ1) is 9.29. The Balaban J connectivity index is 1.91. The summed E-state index contributed by atoms with van der Waals surface area (Å²) in [5, 5.41) is 12.1. The topological polar surface area (TPSA) is 49.3 Å². The lowest BCUT2D eigenvalue weighted by Crippen LogP contribution is -2.24. The SMILES string of the molecule is O=C(Cc1ccccc1CO)NCc1ccccc1. The first-order valence-corrected chi connectivity index (χ1v) is 6.28. The van der Waals surface area contributed by atoms with Crippen molar-refractivity contribution in [3.8, 4) is 0 Å². The summed E-state index contributed by atoms with van der Waals surface area (Å²) >= 11 is 0. The summed E-state index contributed by atoms with van der Waals surface area (Å²) in [5.41, 5.74) is 2.75. The van der Waals surface area contributed by atoms with Gasteiger partial charge >= 0.3 is 0 Å². The Morgan fingerprint density at radius 2 is 1.58 bits per heavy atom. The lowest BCUT2D eigenvalue weighted by atomic mass is 10.0. The van der Waals surface area contributed by atoms with Gasteiger partial charge in [0.1, 0.15) is 0 Å². The number of aliphatic hydroxyl groups is 1. The number of amides is 1. The molecule has 0 bridgehead atoms. The highest BCUT2D eigenvalue weighted by Gasteiger charge is 2.06. The molecule has 98 valence electrons. The van der Waals surface area contributed by atoms with E-state index in [4.69, 9.17) is 0 Å². The van der Waals surface area contributed by atoms with Crippen LogP contribution < -0.4 is 5.32 Å². The van der Waals surface area contributed by atoms with Crippen molar-refractivity contribution >= 4 is 5.91 Å². The summed E-state index contributed by atoms with van der Waals surface area (Å²) in [6.07, 6.45) is 0.295. The van der Waals surface area contributed by atoms with Gasteiger partial charge in [0.15, 0.2) is 0 Å². The maximum absolute atomic E-state index is 11.9. The molecule has 0 fully saturated rings. The van der Waals surface area contributed by atoms with E-state index in [-0.39, 0.29) is 12.5 Å². The summed E-state index contributed by atoms with van der Waals surface area (Å²) < 4.78 is 0. The van der Waals surface area contributed by atoms with E-state index < -0.39 is 0 Å². The van der Waals surface area contributed by atoms with Gasteiger partial charge in [-0.1, -0.05) is 54.6 Å². The Morgan fingerprint density at radius 3 is 2.26 bits per heavy atom. The van der Waals surface area contributed by atoms with Crippen molar-refractivity contribution < 1.29 is 9.90 Å². The zero-order chi connectivity index (χ0) is 13.5. The molecule has 0 saturated carbocycles. The molecular weight excluding hydrogens is 238 g/mol. The van der Waals surface area contributed by atoms with E-state index >= 15 is 0 Å². The van der Waals surface area contributed by atoms with Crippen molar-refractivity contribution in [2.24, 2.45) is 0 Å². The minimum Gasteiger partial charge on any atom is -0.392 e. The van der Waals surface area contributed by atoms with Gasteiger partial charge in [-0.3, -0.25) is 4.79 Å². The first-order valence-electron chi connectivity index (χ1n) is 6.28. The van der Waals surface area contributed by atoms with Gasteiger partial charge in [-0.2, -0.15) is 0 Å². The van der Waals surface area contributed by atoms with E-state index in [2.05, 4.69) is 5.32 Å². The summed E-state index contributed by atoms with van der Waals surface area (Å²) in [6.45, 7) is 0.489. The van der Waals surface area contributed by atoms with Crippen molar-refractivity contribution in [2.75, 3.05) is 0 Å². The third kappa shape index (κ3) is 3.93. The van der Waals surface area contributed by atoms with Gasteiger partial charge in [-0.05, 0) is 16.7 Å². The summed E-state index contributed by atoms with van der Waals surface area (Å²) in [4.78, 5) is 11.9. The van der Waals surface area contributed by atoms with Crippen LogP contribution in [0.3, 0.4) is 0 Å². The maximum Gasteiger partial charge on any atom is 0.224 e. The molecule has 2 aromatic rings. The standard InChI is InChI=1S/C16H17NO2/c18-12-15-9-5-4-8-14(15)10-16(19)17-11-13-6-2-1-3-7-13/h1-9,18H,10-12H2,(H,17,19). The molecule has 3 heteroatoms. The van der Waals surface area contributed by atoms with Crippen molar-refractivity contribution in [3.05, 3.63) is 71.3 Å². The lowest BCUT2D eigenvalue weighted by Gasteiger charge is -2.08. The van der Waals surface area contributed by atoms with Gasteiger partial charge < -0.3 is 10.4 Å². The highest BCUT2D eigenvalue weighted by atomic mass is 16.3. The Labute approximate surface area is 112 Å². The van der Waals surface area contributed by atoms with Crippen LogP contribution in [0.5, 0.6) is 0 Å². The maximum atomic E-state index is 11.9. The molecule has 2 aromatic carbocycles. The van der Waals surface area contributed by atoms with Crippen LogP contribution in [0.15, 0.2) is 54.6 Å². The quantitative estimate of drug-likeness (QED) is 0.859. The number of hydrogen-bond acceptors (Lipinski definition) is 2. The van der Waals surface area contributed by atoms with Crippen LogP contribution in [-0.4, -0.2) is 11.0 Å². The van der Waals surface area contributed by atoms with Crippen LogP contribution in [0, 0.1) is 0 Å². The molecule has 0 aliphatic carbocycles. The average molecular weight is 255 g/mol. The normalized spacial score (nSPS) is 10.2. The molecule has 0 aromatic heterocycles. The second kappa shape index (κ2) is 6.71. The smallest absolute Gasteiger partial charge is 0.224 e. The number of rotatable bonds is 5. The van der Waals surface area contributed by atoms with Gasteiger partial charge in [-0.15, -0.1) is 0 Å². The fraction of sp³-hybridized carbons (Fsp3) is 0.188. The van der Waals surface area contributed by atoms with Crippen LogP contribution in [-0.2, 0) is 24.4 Å². The van der Waals surface area contributed by atoms with E-state index in [1.165, 1.54) is 0 Å². The molecule has 0 atom stereocenters. The lowest BCUT2D eigenvalue weighted by molar-refractivity contribution is -0.120. The molecule has 0 saturated heterocycles. The Morgan fingerprint density at radius 1 is 0.947 bits per heavy atom. The fourth-order valence-electron chi connectivity index (χ4n) is 1.92. The van der Waals surface area contributed by atoms with Crippen molar-refractivity contribution in [3.63, 3.8) is 0 Å². The number of hydrogen-bond donors (Lipinski definition) is 2. The van der Waals surface area contributed by atoms with Crippen LogP contribution in [0.2, 0.25) is 0 Å². The van der Waals surface area contributed by atoms with Crippen LogP contribution in [0.4, 0.5) is 0 Å². The molecule has 19 heavy (non-hydrogen) atoms. The number of carbonyl (C=O) groups excluding carboxylic acids is 1. The highest BCUT2D eigenvalue weighted by Crippen LogP contribution is 2.09. The average Bonchev–Trinajstić information content (AvgIpc) is 2.47. The van der Waals surface area contributed by atoms with E-state index in [1.807, 2.05) is 54.6 Å². The second-order valence-corrected chi connectivity index (χ2v) is 4.37. The number of nitrogens with one attached hydrogen (secondary N) is 1. The summed E-state index contributed by atoms with van der Waals surface area (Å²) in [6, 6.07) is 17.2. The first kappa shape index (κ1) is 13.3.